The monoisotopic (exact) mass is 452 g/mol. The summed E-state index contributed by atoms with van der Waals surface area (Å²) in [5.41, 5.74) is 0.834. The number of hydrogen-bond acceptors (Lipinski definition) is 3. The van der Waals surface area contributed by atoms with Crippen LogP contribution in [0.15, 0.2) is 48.5 Å². The van der Waals surface area contributed by atoms with Crippen LogP contribution >= 0.6 is 0 Å². The Balaban J connectivity index is 1.35. The lowest BCUT2D eigenvalue weighted by Crippen LogP contribution is -2.51. The molecule has 1 aliphatic rings. The molecule has 2 aromatic carbocycles. The number of piperazine rings is 1. The molecule has 2 N–H and O–H groups in total. The zero-order chi connectivity index (χ0) is 23.1. The van der Waals surface area contributed by atoms with Gasteiger partial charge in [-0.3, -0.25) is 9.69 Å². The third kappa shape index (κ3) is 6.94. The van der Waals surface area contributed by atoms with Gasteiger partial charge in [-0.05, 0) is 35.4 Å². The Morgan fingerprint density at radius 1 is 0.844 bits per heavy atom. The van der Waals surface area contributed by atoms with E-state index in [2.05, 4.69) is 15.5 Å². The summed E-state index contributed by atoms with van der Waals surface area (Å²) in [5.74, 6) is -0.570. The third-order valence-electron chi connectivity index (χ3n) is 5.18. The minimum absolute atomic E-state index is 0.145. The van der Waals surface area contributed by atoms with E-state index in [-0.39, 0.29) is 24.8 Å². The first-order valence-corrected chi connectivity index (χ1v) is 10.1. The summed E-state index contributed by atoms with van der Waals surface area (Å²) in [6.07, 6.45) is -4.35. The fourth-order valence-corrected chi connectivity index (χ4v) is 3.33. The number of carbonyl (C=O) groups is 2. The van der Waals surface area contributed by atoms with E-state index < -0.39 is 17.8 Å². The van der Waals surface area contributed by atoms with E-state index in [0.717, 1.165) is 23.3 Å². The van der Waals surface area contributed by atoms with Crippen molar-refractivity contribution >= 4 is 11.9 Å². The van der Waals surface area contributed by atoms with Crippen molar-refractivity contribution in [1.29, 1.82) is 0 Å². The number of carbonyl (C=O) groups excluding carboxylic acids is 2. The van der Waals surface area contributed by atoms with Crippen molar-refractivity contribution in [2.45, 2.75) is 19.3 Å². The van der Waals surface area contributed by atoms with Crippen molar-refractivity contribution in [3.05, 3.63) is 71.0 Å². The van der Waals surface area contributed by atoms with Crippen LogP contribution in [0.25, 0.3) is 0 Å². The van der Waals surface area contributed by atoms with Crippen molar-refractivity contribution in [1.82, 2.24) is 20.4 Å². The van der Waals surface area contributed by atoms with E-state index in [9.17, 15) is 27.2 Å². The molecule has 1 aliphatic heterocycles. The molecule has 6 nitrogen and oxygen atoms in total. The van der Waals surface area contributed by atoms with E-state index in [1.807, 2.05) is 0 Å². The van der Waals surface area contributed by atoms with Crippen molar-refractivity contribution in [3.63, 3.8) is 0 Å². The fourth-order valence-electron chi connectivity index (χ4n) is 3.33. The highest BCUT2D eigenvalue weighted by Crippen LogP contribution is 2.29. The van der Waals surface area contributed by atoms with Gasteiger partial charge < -0.3 is 15.5 Å². The van der Waals surface area contributed by atoms with Crippen LogP contribution < -0.4 is 10.6 Å². The van der Waals surface area contributed by atoms with Crippen LogP contribution in [-0.2, 0) is 24.1 Å². The molecule has 0 aliphatic carbocycles. The minimum atomic E-state index is -4.35. The first-order valence-electron chi connectivity index (χ1n) is 10.1. The normalized spacial score (nSPS) is 14.8. The Kier molecular flexibility index (Phi) is 7.68. The average molecular weight is 452 g/mol. The number of nitrogens with one attached hydrogen (secondary N) is 2. The summed E-state index contributed by atoms with van der Waals surface area (Å²) in [6, 6.07) is 10.3. The first kappa shape index (κ1) is 23.5. The van der Waals surface area contributed by atoms with Gasteiger partial charge in [0, 0.05) is 39.3 Å². The molecule has 0 bridgehead atoms. The summed E-state index contributed by atoms with van der Waals surface area (Å²) in [5, 5.41) is 5.11. The molecule has 1 heterocycles. The molecule has 0 radical (unpaired) electrons. The zero-order valence-electron chi connectivity index (χ0n) is 17.3. The Morgan fingerprint density at radius 2 is 1.44 bits per heavy atom. The standard InChI is InChI=1S/C22H24F4N4O2/c23-19-7-3-16(4-8-19)13-27-21(32)28-14-20(31)30-11-9-29(10-12-30)15-17-1-5-18(6-2-17)22(24,25)26/h1-8H,9-15H2,(H2,27,28,32). The maximum absolute atomic E-state index is 12.9. The van der Waals surface area contributed by atoms with Gasteiger partial charge in [0.15, 0.2) is 0 Å². The molecular formula is C22H24F4N4O2. The molecule has 0 spiro atoms. The molecule has 32 heavy (non-hydrogen) atoms. The predicted octanol–water partition coefficient (Wildman–Crippen LogP) is 2.99. The molecule has 3 rings (SSSR count). The summed E-state index contributed by atoms with van der Waals surface area (Å²) in [4.78, 5) is 27.9. The molecule has 0 atom stereocenters. The number of alkyl halides is 3. The van der Waals surface area contributed by atoms with Crippen molar-refractivity contribution in [2.24, 2.45) is 0 Å². The number of halogens is 4. The second kappa shape index (κ2) is 10.4. The third-order valence-corrected chi connectivity index (χ3v) is 5.18. The molecule has 0 unspecified atom stereocenters. The maximum atomic E-state index is 12.9. The molecule has 0 aromatic heterocycles. The highest BCUT2D eigenvalue weighted by molar-refractivity contribution is 5.84. The Bertz CT molecular complexity index is 909. The fraction of sp³-hybridized carbons (Fsp3) is 0.364. The SMILES string of the molecule is O=C(NCC(=O)N1CCN(Cc2ccc(C(F)(F)F)cc2)CC1)NCc1ccc(F)cc1. The molecule has 3 amide bonds. The lowest BCUT2D eigenvalue weighted by molar-refractivity contribution is -0.137. The number of amides is 3. The quantitative estimate of drug-likeness (QED) is 0.663. The number of hydrogen-bond donors (Lipinski definition) is 2. The van der Waals surface area contributed by atoms with Crippen LogP contribution in [0.2, 0.25) is 0 Å². The van der Waals surface area contributed by atoms with Gasteiger partial charge in [-0.1, -0.05) is 24.3 Å². The van der Waals surface area contributed by atoms with Gasteiger partial charge >= 0.3 is 12.2 Å². The van der Waals surface area contributed by atoms with Crippen LogP contribution in [0.4, 0.5) is 22.4 Å². The van der Waals surface area contributed by atoms with E-state index in [0.29, 0.717) is 32.7 Å². The smallest absolute Gasteiger partial charge is 0.339 e. The molecule has 10 heteroatoms. The van der Waals surface area contributed by atoms with Gasteiger partial charge in [-0.15, -0.1) is 0 Å². The summed E-state index contributed by atoms with van der Waals surface area (Å²) >= 11 is 0. The highest BCUT2D eigenvalue weighted by Gasteiger charge is 2.30. The second-order valence-corrected chi connectivity index (χ2v) is 7.51. The van der Waals surface area contributed by atoms with Gasteiger partial charge in [0.1, 0.15) is 5.82 Å². The lowest BCUT2D eigenvalue weighted by Gasteiger charge is -2.34. The summed E-state index contributed by atoms with van der Waals surface area (Å²) in [6.45, 7) is 2.69. The Hall–Kier alpha value is -3.14. The van der Waals surface area contributed by atoms with Crippen LogP contribution in [-0.4, -0.2) is 54.5 Å². The average Bonchev–Trinajstić information content (AvgIpc) is 2.77. The van der Waals surface area contributed by atoms with Gasteiger partial charge in [0.25, 0.3) is 0 Å². The molecule has 1 fully saturated rings. The maximum Gasteiger partial charge on any atom is 0.416 e. The largest absolute Gasteiger partial charge is 0.416 e. The number of urea groups is 1. The van der Waals surface area contributed by atoms with Crippen LogP contribution in [0.3, 0.4) is 0 Å². The van der Waals surface area contributed by atoms with E-state index >= 15 is 0 Å². The van der Waals surface area contributed by atoms with E-state index in [1.54, 1.807) is 17.0 Å². The Labute approximate surface area is 183 Å². The van der Waals surface area contributed by atoms with E-state index in [1.165, 1.54) is 24.3 Å². The minimum Gasteiger partial charge on any atom is -0.339 e. The molecule has 172 valence electrons. The second-order valence-electron chi connectivity index (χ2n) is 7.51. The number of benzene rings is 2. The lowest BCUT2D eigenvalue weighted by atomic mass is 10.1. The van der Waals surface area contributed by atoms with Crippen LogP contribution in [0.5, 0.6) is 0 Å². The van der Waals surface area contributed by atoms with Crippen molar-refractivity contribution in [3.8, 4) is 0 Å². The number of rotatable bonds is 6. The topological polar surface area (TPSA) is 64.7 Å². The van der Waals surface area contributed by atoms with Crippen molar-refractivity contribution in [2.75, 3.05) is 32.7 Å². The zero-order valence-corrected chi connectivity index (χ0v) is 17.3. The summed E-state index contributed by atoms with van der Waals surface area (Å²) < 4.78 is 50.8. The molecule has 1 saturated heterocycles. The van der Waals surface area contributed by atoms with Gasteiger partial charge in [-0.2, -0.15) is 13.2 Å². The molecule has 0 saturated carbocycles. The van der Waals surface area contributed by atoms with Gasteiger partial charge in [0.2, 0.25) is 5.91 Å². The van der Waals surface area contributed by atoms with Gasteiger partial charge in [0.05, 0.1) is 12.1 Å². The van der Waals surface area contributed by atoms with Crippen molar-refractivity contribution < 1.29 is 27.2 Å². The van der Waals surface area contributed by atoms with Gasteiger partial charge in [-0.25, -0.2) is 9.18 Å². The highest BCUT2D eigenvalue weighted by atomic mass is 19.4. The molecule has 2 aromatic rings. The summed E-state index contributed by atoms with van der Waals surface area (Å²) in [7, 11) is 0. The van der Waals surface area contributed by atoms with E-state index in [4.69, 9.17) is 0 Å². The first-order chi connectivity index (χ1) is 15.2. The Morgan fingerprint density at radius 3 is 2.03 bits per heavy atom. The molecular weight excluding hydrogens is 428 g/mol. The van der Waals surface area contributed by atoms with Crippen LogP contribution in [0, 0.1) is 5.82 Å². The number of nitrogens with zero attached hydrogens (tertiary/aromatic N) is 2. The van der Waals surface area contributed by atoms with Crippen LogP contribution in [0.1, 0.15) is 16.7 Å². The predicted molar refractivity (Wildman–Crippen MR) is 110 cm³/mol.